The molecule has 0 saturated heterocycles. The van der Waals surface area contributed by atoms with Crippen LogP contribution in [0.5, 0.6) is 0 Å². The minimum atomic E-state index is 0.353. The Hall–Kier alpha value is -0.0400. The molecule has 0 aliphatic heterocycles. The number of hydrogen-bond donors (Lipinski definition) is 1. The van der Waals surface area contributed by atoms with Crippen LogP contribution in [-0.4, -0.2) is 11.7 Å². The SMILES string of the molecule is CCCCCCCCCC(C)CCCC(C)CO. The average molecular weight is 256 g/mol. The molecule has 0 saturated carbocycles. The highest BCUT2D eigenvalue weighted by atomic mass is 16.3. The highest BCUT2D eigenvalue weighted by Gasteiger charge is 2.04. The molecule has 0 amide bonds. The van der Waals surface area contributed by atoms with Crippen molar-refractivity contribution < 1.29 is 5.11 Å². The molecule has 0 aromatic carbocycles. The van der Waals surface area contributed by atoms with Gasteiger partial charge in [0.2, 0.25) is 0 Å². The first-order valence-electron chi connectivity index (χ1n) is 8.31. The summed E-state index contributed by atoms with van der Waals surface area (Å²) in [6.45, 7) is 7.16. The minimum Gasteiger partial charge on any atom is -0.396 e. The Labute approximate surface area is 115 Å². The zero-order valence-corrected chi connectivity index (χ0v) is 13.1. The van der Waals surface area contributed by atoms with Crippen LogP contribution in [0.15, 0.2) is 0 Å². The molecule has 0 radical (unpaired) electrons. The normalized spacial score (nSPS) is 14.7. The molecule has 2 atom stereocenters. The lowest BCUT2D eigenvalue weighted by Crippen LogP contribution is -2.02. The molecule has 0 heterocycles. The van der Waals surface area contributed by atoms with E-state index in [9.17, 15) is 0 Å². The van der Waals surface area contributed by atoms with E-state index in [1.54, 1.807) is 0 Å². The monoisotopic (exact) mass is 256 g/mol. The number of aliphatic hydroxyl groups is 1. The Bertz CT molecular complexity index is 156. The standard InChI is InChI=1S/C17H36O/c1-4-5-6-7-8-9-10-12-16(2)13-11-14-17(3)15-18/h16-18H,4-15H2,1-3H3. The van der Waals surface area contributed by atoms with Crippen molar-refractivity contribution >= 4 is 0 Å². The van der Waals surface area contributed by atoms with E-state index in [1.807, 2.05) is 0 Å². The minimum absolute atomic E-state index is 0.353. The van der Waals surface area contributed by atoms with Crippen LogP contribution in [0.25, 0.3) is 0 Å². The van der Waals surface area contributed by atoms with Gasteiger partial charge in [-0.15, -0.1) is 0 Å². The fourth-order valence-corrected chi connectivity index (χ4v) is 2.50. The molecule has 1 nitrogen and oxygen atoms in total. The van der Waals surface area contributed by atoms with Crippen LogP contribution in [0.4, 0.5) is 0 Å². The molecule has 1 N–H and O–H groups in total. The molecule has 0 rings (SSSR count). The van der Waals surface area contributed by atoms with Gasteiger partial charge in [0, 0.05) is 6.61 Å². The van der Waals surface area contributed by atoms with Gasteiger partial charge in [-0.25, -0.2) is 0 Å². The van der Waals surface area contributed by atoms with Crippen molar-refractivity contribution in [3.63, 3.8) is 0 Å². The van der Waals surface area contributed by atoms with Gasteiger partial charge < -0.3 is 5.11 Å². The van der Waals surface area contributed by atoms with Crippen molar-refractivity contribution in [2.24, 2.45) is 11.8 Å². The Balaban J connectivity index is 3.19. The first-order valence-corrected chi connectivity index (χ1v) is 8.31. The first kappa shape index (κ1) is 18.0. The fourth-order valence-electron chi connectivity index (χ4n) is 2.50. The van der Waals surface area contributed by atoms with Crippen molar-refractivity contribution in [2.45, 2.75) is 91.4 Å². The molecule has 0 bridgehead atoms. The van der Waals surface area contributed by atoms with Crippen LogP contribution >= 0.6 is 0 Å². The van der Waals surface area contributed by atoms with Crippen molar-refractivity contribution in [3.05, 3.63) is 0 Å². The maximum atomic E-state index is 8.96. The zero-order chi connectivity index (χ0) is 13.6. The Kier molecular flexibility index (Phi) is 13.4. The molecular weight excluding hydrogens is 220 g/mol. The van der Waals surface area contributed by atoms with Crippen LogP contribution in [-0.2, 0) is 0 Å². The predicted molar refractivity (Wildman–Crippen MR) is 81.9 cm³/mol. The van der Waals surface area contributed by atoms with Crippen LogP contribution < -0.4 is 0 Å². The van der Waals surface area contributed by atoms with E-state index >= 15 is 0 Å². The summed E-state index contributed by atoms with van der Waals surface area (Å²) in [5.41, 5.74) is 0. The zero-order valence-electron chi connectivity index (χ0n) is 13.1. The summed E-state index contributed by atoms with van der Waals surface area (Å²) in [7, 11) is 0. The summed E-state index contributed by atoms with van der Waals surface area (Å²) in [5, 5.41) is 8.96. The molecule has 0 aliphatic carbocycles. The second-order valence-corrected chi connectivity index (χ2v) is 6.23. The first-order chi connectivity index (χ1) is 8.70. The van der Waals surface area contributed by atoms with Crippen molar-refractivity contribution in [1.82, 2.24) is 0 Å². The highest BCUT2D eigenvalue weighted by Crippen LogP contribution is 2.18. The quantitative estimate of drug-likeness (QED) is 0.428. The fraction of sp³-hybridized carbons (Fsp3) is 1.00. The van der Waals surface area contributed by atoms with Gasteiger partial charge in [-0.2, -0.15) is 0 Å². The maximum Gasteiger partial charge on any atom is 0.0456 e. The van der Waals surface area contributed by atoms with Gasteiger partial charge in [-0.3, -0.25) is 0 Å². The summed E-state index contributed by atoms with van der Waals surface area (Å²) < 4.78 is 0. The lowest BCUT2D eigenvalue weighted by atomic mass is 9.94. The van der Waals surface area contributed by atoms with Gasteiger partial charge in [-0.05, 0) is 18.3 Å². The van der Waals surface area contributed by atoms with Crippen LogP contribution in [0, 0.1) is 11.8 Å². The number of aliphatic hydroxyl groups excluding tert-OH is 1. The third-order valence-electron chi connectivity index (χ3n) is 4.01. The van der Waals surface area contributed by atoms with Gasteiger partial charge in [-0.1, -0.05) is 85.0 Å². The second-order valence-electron chi connectivity index (χ2n) is 6.23. The van der Waals surface area contributed by atoms with E-state index in [0.717, 1.165) is 5.92 Å². The second kappa shape index (κ2) is 13.4. The summed E-state index contributed by atoms with van der Waals surface area (Å²) in [5.74, 6) is 1.38. The summed E-state index contributed by atoms with van der Waals surface area (Å²) >= 11 is 0. The molecule has 0 aromatic rings. The van der Waals surface area contributed by atoms with E-state index in [-0.39, 0.29) is 0 Å². The molecule has 18 heavy (non-hydrogen) atoms. The summed E-state index contributed by atoms with van der Waals surface area (Å²) in [4.78, 5) is 0. The highest BCUT2D eigenvalue weighted by molar-refractivity contribution is 4.57. The van der Waals surface area contributed by atoms with E-state index in [4.69, 9.17) is 5.11 Å². The van der Waals surface area contributed by atoms with Crippen molar-refractivity contribution in [1.29, 1.82) is 0 Å². The largest absolute Gasteiger partial charge is 0.396 e. The number of hydrogen-bond acceptors (Lipinski definition) is 1. The van der Waals surface area contributed by atoms with Crippen molar-refractivity contribution in [2.75, 3.05) is 6.61 Å². The van der Waals surface area contributed by atoms with Gasteiger partial charge in [0.25, 0.3) is 0 Å². The van der Waals surface area contributed by atoms with Gasteiger partial charge in [0.1, 0.15) is 0 Å². The lowest BCUT2D eigenvalue weighted by molar-refractivity contribution is 0.225. The van der Waals surface area contributed by atoms with Crippen molar-refractivity contribution in [3.8, 4) is 0 Å². The predicted octanol–water partition coefficient (Wildman–Crippen LogP) is 5.56. The van der Waals surface area contributed by atoms with E-state index in [0.29, 0.717) is 12.5 Å². The Morgan fingerprint density at radius 3 is 1.78 bits per heavy atom. The van der Waals surface area contributed by atoms with E-state index in [1.165, 1.54) is 70.6 Å². The van der Waals surface area contributed by atoms with Gasteiger partial charge in [0.05, 0.1) is 0 Å². The van der Waals surface area contributed by atoms with Gasteiger partial charge in [0.15, 0.2) is 0 Å². The maximum absolute atomic E-state index is 8.96. The lowest BCUT2D eigenvalue weighted by Gasteiger charge is -2.12. The topological polar surface area (TPSA) is 20.2 Å². The Morgan fingerprint density at radius 2 is 1.17 bits per heavy atom. The molecule has 0 aromatic heterocycles. The molecule has 2 unspecified atom stereocenters. The summed E-state index contributed by atoms with van der Waals surface area (Å²) in [6.07, 6.45) is 15.2. The van der Waals surface area contributed by atoms with Crippen LogP contribution in [0.2, 0.25) is 0 Å². The van der Waals surface area contributed by atoms with Crippen LogP contribution in [0.1, 0.15) is 91.4 Å². The Morgan fingerprint density at radius 1 is 0.667 bits per heavy atom. The van der Waals surface area contributed by atoms with Gasteiger partial charge >= 0.3 is 0 Å². The molecule has 0 fully saturated rings. The molecule has 1 heteroatoms. The molecule has 110 valence electrons. The summed E-state index contributed by atoms with van der Waals surface area (Å²) in [6, 6.07) is 0. The number of unbranched alkanes of at least 4 members (excludes halogenated alkanes) is 6. The molecule has 0 aliphatic rings. The number of rotatable bonds is 13. The smallest absolute Gasteiger partial charge is 0.0456 e. The molecule has 0 spiro atoms. The molecular formula is C17H36O. The van der Waals surface area contributed by atoms with E-state index in [2.05, 4.69) is 20.8 Å². The average Bonchev–Trinajstić information content (AvgIpc) is 2.37. The third kappa shape index (κ3) is 12.4. The van der Waals surface area contributed by atoms with E-state index < -0.39 is 0 Å². The van der Waals surface area contributed by atoms with Crippen LogP contribution in [0.3, 0.4) is 0 Å². The third-order valence-corrected chi connectivity index (χ3v) is 4.01.